The normalized spacial score (nSPS) is 12.4. The third-order valence-corrected chi connectivity index (χ3v) is 4.62. The standard InChI is InChI=1S/C19H23NO3S/c1-13(2)18(16-9-6-12-24-16)20-17(21)11-10-14-7-5-8-15(22-3)19(14)23-4/h5-13,18H,1-4H3,(H,20,21)/b11-10+/t18-/m0/s1. The van der Waals surface area contributed by atoms with Gasteiger partial charge in [-0.05, 0) is 29.5 Å². The highest BCUT2D eigenvalue weighted by Gasteiger charge is 2.18. The molecule has 0 radical (unpaired) electrons. The zero-order chi connectivity index (χ0) is 17.5. The summed E-state index contributed by atoms with van der Waals surface area (Å²) >= 11 is 1.65. The van der Waals surface area contributed by atoms with Gasteiger partial charge in [0.05, 0.1) is 20.3 Å². The molecule has 4 nitrogen and oxygen atoms in total. The van der Waals surface area contributed by atoms with Crippen molar-refractivity contribution in [3.8, 4) is 11.5 Å². The Balaban J connectivity index is 2.13. The molecule has 0 aliphatic rings. The largest absolute Gasteiger partial charge is 0.493 e. The van der Waals surface area contributed by atoms with Crippen molar-refractivity contribution < 1.29 is 14.3 Å². The summed E-state index contributed by atoms with van der Waals surface area (Å²) in [5.41, 5.74) is 0.796. The van der Waals surface area contributed by atoms with Gasteiger partial charge in [-0.2, -0.15) is 0 Å². The van der Waals surface area contributed by atoms with Gasteiger partial charge in [-0.15, -0.1) is 11.3 Å². The van der Waals surface area contributed by atoms with Crippen molar-refractivity contribution in [1.29, 1.82) is 0 Å². The van der Waals surface area contributed by atoms with Gasteiger partial charge < -0.3 is 14.8 Å². The average molecular weight is 345 g/mol. The second kappa shape index (κ2) is 8.55. The number of benzene rings is 1. The Morgan fingerprint density at radius 1 is 1.17 bits per heavy atom. The second-order valence-corrected chi connectivity index (χ2v) is 6.64. The Labute approximate surface area is 147 Å². The van der Waals surface area contributed by atoms with E-state index in [1.165, 1.54) is 6.08 Å². The van der Waals surface area contributed by atoms with Crippen molar-refractivity contribution in [2.24, 2.45) is 5.92 Å². The van der Waals surface area contributed by atoms with Crippen molar-refractivity contribution in [3.05, 3.63) is 52.2 Å². The van der Waals surface area contributed by atoms with Gasteiger partial charge in [-0.3, -0.25) is 4.79 Å². The topological polar surface area (TPSA) is 47.6 Å². The number of methoxy groups -OCH3 is 2. The summed E-state index contributed by atoms with van der Waals surface area (Å²) in [6.45, 7) is 4.19. The van der Waals surface area contributed by atoms with Crippen LogP contribution in [0.5, 0.6) is 11.5 Å². The van der Waals surface area contributed by atoms with Crippen molar-refractivity contribution in [2.75, 3.05) is 14.2 Å². The zero-order valence-corrected chi connectivity index (χ0v) is 15.2. The summed E-state index contributed by atoms with van der Waals surface area (Å²) in [4.78, 5) is 13.5. The fourth-order valence-corrected chi connectivity index (χ4v) is 3.39. The summed E-state index contributed by atoms with van der Waals surface area (Å²) in [7, 11) is 3.17. The number of para-hydroxylation sites is 1. The molecule has 0 bridgehead atoms. The summed E-state index contributed by atoms with van der Waals surface area (Å²) < 4.78 is 10.6. The Hall–Kier alpha value is -2.27. The van der Waals surface area contributed by atoms with Crippen LogP contribution in [-0.2, 0) is 4.79 Å². The van der Waals surface area contributed by atoms with Crippen LogP contribution in [0.2, 0.25) is 0 Å². The number of thiophene rings is 1. The quantitative estimate of drug-likeness (QED) is 0.762. The molecular formula is C19H23NO3S. The fraction of sp³-hybridized carbons (Fsp3) is 0.316. The molecule has 1 heterocycles. The Kier molecular flexibility index (Phi) is 6.44. The maximum atomic E-state index is 12.3. The van der Waals surface area contributed by atoms with Gasteiger partial charge in [0.2, 0.25) is 5.91 Å². The molecule has 5 heteroatoms. The van der Waals surface area contributed by atoms with E-state index in [-0.39, 0.29) is 11.9 Å². The van der Waals surface area contributed by atoms with Gasteiger partial charge in [0.25, 0.3) is 0 Å². The molecular weight excluding hydrogens is 322 g/mol. The number of hydrogen-bond acceptors (Lipinski definition) is 4. The molecule has 1 N–H and O–H groups in total. The number of nitrogens with one attached hydrogen (secondary N) is 1. The molecule has 2 rings (SSSR count). The van der Waals surface area contributed by atoms with Crippen LogP contribution in [0.4, 0.5) is 0 Å². The van der Waals surface area contributed by atoms with Crippen LogP contribution in [0.1, 0.15) is 30.3 Å². The van der Waals surface area contributed by atoms with Gasteiger partial charge in [-0.25, -0.2) is 0 Å². The monoisotopic (exact) mass is 345 g/mol. The molecule has 0 fully saturated rings. The maximum absolute atomic E-state index is 12.3. The van der Waals surface area contributed by atoms with Gasteiger partial charge in [0, 0.05) is 16.5 Å². The highest BCUT2D eigenvalue weighted by Crippen LogP contribution is 2.31. The van der Waals surface area contributed by atoms with E-state index >= 15 is 0 Å². The average Bonchev–Trinajstić information content (AvgIpc) is 3.11. The molecule has 24 heavy (non-hydrogen) atoms. The SMILES string of the molecule is COc1cccc(/C=C/C(=O)N[C@H](c2cccs2)C(C)C)c1OC. The molecule has 0 saturated carbocycles. The molecule has 1 aromatic heterocycles. The van der Waals surface area contributed by atoms with Gasteiger partial charge in [0.15, 0.2) is 11.5 Å². The summed E-state index contributed by atoms with van der Waals surface area (Å²) in [6, 6.07) is 9.62. The first kappa shape index (κ1) is 18.1. The van der Waals surface area contributed by atoms with Crippen molar-refractivity contribution >= 4 is 23.3 Å². The van der Waals surface area contributed by atoms with Crippen LogP contribution in [0.25, 0.3) is 6.08 Å². The number of hydrogen-bond donors (Lipinski definition) is 1. The molecule has 0 saturated heterocycles. The van der Waals surface area contributed by atoms with Crippen LogP contribution in [0.3, 0.4) is 0 Å². The molecule has 1 aromatic carbocycles. The molecule has 1 amide bonds. The lowest BCUT2D eigenvalue weighted by molar-refractivity contribution is -0.117. The fourth-order valence-electron chi connectivity index (χ4n) is 2.44. The van der Waals surface area contributed by atoms with Crippen LogP contribution >= 0.6 is 11.3 Å². The minimum absolute atomic E-state index is 0.00866. The van der Waals surface area contributed by atoms with E-state index in [1.54, 1.807) is 31.6 Å². The van der Waals surface area contributed by atoms with Crippen LogP contribution in [0.15, 0.2) is 41.8 Å². The number of ether oxygens (including phenoxy) is 2. The van der Waals surface area contributed by atoms with Gasteiger partial charge in [-0.1, -0.05) is 32.0 Å². The van der Waals surface area contributed by atoms with E-state index in [4.69, 9.17) is 9.47 Å². The molecule has 0 aliphatic heterocycles. The first-order chi connectivity index (χ1) is 11.6. The van der Waals surface area contributed by atoms with Crippen molar-refractivity contribution in [3.63, 3.8) is 0 Å². The van der Waals surface area contributed by atoms with Crippen molar-refractivity contribution in [2.45, 2.75) is 19.9 Å². The smallest absolute Gasteiger partial charge is 0.244 e. The molecule has 0 aliphatic carbocycles. The lowest BCUT2D eigenvalue weighted by atomic mass is 10.0. The summed E-state index contributed by atoms with van der Waals surface area (Å²) in [5.74, 6) is 1.43. The highest BCUT2D eigenvalue weighted by atomic mass is 32.1. The molecule has 0 spiro atoms. The van der Waals surface area contributed by atoms with E-state index in [9.17, 15) is 4.79 Å². The minimum Gasteiger partial charge on any atom is -0.493 e. The molecule has 1 atom stereocenters. The number of carbonyl (C=O) groups is 1. The first-order valence-electron chi connectivity index (χ1n) is 7.79. The molecule has 2 aromatic rings. The van der Waals surface area contributed by atoms with E-state index in [0.717, 1.165) is 10.4 Å². The zero-order valence-electron chi connectivity index (χ0n) is 14.4. The lowest BCUT2D eigenvalue weighted by Crippen LogP contribution is -2.29. The molecule has 128 valence electrons. The number of amides is 1. The Bertz CT molecular complexity index is 693. The summed E-state index contributed by atoms with van der Waals surface area (Å²) in [5, 5.41) is 5.09. The number of carbonyl (C=O) groups excluding carboxylic acids is 1. The lowest BCUT2D eigenvalue weighted by Gasteiger charge is -2.20. The Morgan fingerprint density at radius 2 is 1.96 bits per heavy atom. The Morgan fingerprint density at radius 3 is 2.54 bits per heavy atom. The predicted octanol–water partition coefficient (Wildman–Crippen LogP) is 4.29. The van der Waals surface area contributed by atoms with E-state index in [0.29, 0.717) is 17.4 Å². The van der Waals surface area contributed by atoms with Gasteiger partial charge in [0.1, 0.15) is 0 Å². The summed E-state index contributed by atoms with van der Waals surface area (Å²) in [6.07, 6.45) is 3.27. The van der Waals surface area contributed by atoms with E-state index < -0.39 is 0 Å². The predicted molar refractivity (Wildman–Crippen MR) is 98.6 cm³/mol. The van der Waals surface area contributed by atoms with Crippen LogP contribution < -0.4 is 14.8 Å². The third kappa shape index (κ3) is 4.38. The third-order valence-electron chi connectivity index (χ3n) is 3.66. The minimum atomic E-state index is -0.132. The number of rotatable bonds is 7. The molecule has 0 unspecified atom stereocenters. The van der Waals surface area contributed by atoms with Crippen LogP contribution in [-0.4, -0.2) is 20.1 Å². The van der Waals surface area contributed by atoms with E-state index in [1.807, 2.05) is 35.7 Å². The van der Waals surface area contributed by atoms with Crippen LogP contribution in [0, 0.1) is 5.92 Å². The van der Waals surface area contributed by atoms with Crippen molar-refractivity contribution in [1.82, 2.24) is 5.32 Å². The maximum Gasteiger partial charge on any atom is 0.244 e. The van der Waals surface area contributed by atoms with E-state index in [2.05, 4.69) is 19.2 Å². The highest BCUT2D eigenvalue weighted by molar-refractivity contribution is 7.10. The first-order valence-corrected chi connectivity index (χ1v) is 8.67. The second-order valence-electron chi connectivity index (χ2n) is 5.66. The van der Waals surface area contributed by atoms with Gasteiger partial charge >= 0.3 is 0 Å².